The van der Waals surface area contributed by atoms with Gasteiger partial charge in [-0.25, -0.2) is 8.78 Å². The van der Waals surface area contributed by atoms with Gasteiger partial charge in [0.05, 0.1) is 7.11 Å². The van der Waals surface area contributed by atoms with Gasteiger partial charge in [0, 0.05) is 27.3 Å². The molecule has 0 spiro atoms. The van der Waals surface area contributed by atoms with Crippen molar-refractivity contribution >= 4 is 33.2 Å². The van der Waals surface area contributed by atoms with Gasteiger partial charge in [-0.1, -0.05) is 101 Å². The van der Waals surface area contributed by atoms with Crippen molar-refractivity contribution in [2.75, 3.05) is 7.11 Å². The predicted molar refractivity (Wildman–Crippen MR) is 207 cm³/mol. The van der Waals surface area contributed by atoms with Crippen molar-refractivity contribution < 1.29 is 18.3 Å². The lowest BCUT2D eigenvalue weighted by atomic mass is 9.72. The van der Waals surface area contributed by atoms with Gasteiger partial charge in [-0.15, -0.1) is 0 Å². The topological polar surface area (TPSA) is 18.5 Å². The maximum Gasteiger partial charge on any atom is 0.174 e. The summed E-state index contributed by atoms with van der Waals surface area (Å²) in [6.45, 7) is 8.98. The molecule has 0 aromatic heterocycles. The van der Waals surface area contributed by atoms with Crippen molar-refractivity contribution in [2.24, 2.45) is 0 Å². The zero-order valence-electron chi connectivity index (χ0n) is 30.0. The van der Waals surface area contributed by atoms with Crippen LogP contribution in [0.3, 0.4) is 0 Å². The van der Waals surface area contributed by atoms with Crippen molar-refractivity contribution in [2.45, 2.75) is 57.0 Å². The third-order valence-corrected chi connectivity index (χ3v) is 12.4. The molecule has 1 unspecified atom stereocenters. The van der Waals surface area contributed by atoms with Crippen LogP contribution in [0.15, 0.2) is 120 Å². The summed E-state index contributed by atoms with van der Waals surface area (Å²) in [6, 6.07) is 31.4. The molecule has 4 aliphatic rings. The van der Waals surface area contributed by atoms with E-state index in [2.05, 4.69) is 94.5 Å². The van der Waals surface area contributed by atoms with Crippen LogP contribution in [-0.4, -0.2) is 7.11 Å². The molecule has 0 bridgehead atoms. The second kappa shape index (κ2) is 10.5. The van der Waals surface area contributed by atoms with Gasteiger partial charge in [0.25, 0.3) is 0 Å². The van der Waals surface area contributed by atoms with E-state index in [0.29, 0.717) is 11.1 Å². The third-order valence-electron chi connectivity index (χ3n) is 12.4. The van der Waals surface area contributed by atoms with Crippen LogP contribution < -0.4 is 9.47 Å². The number of hydrogen-bond donors (Lipinski definition) is 0. The van der Waals surface area contributed by atoms with Crippen LogP contribution in [0, 0.1) is 11.6 Å². The molecule has 0 amide bonds. The van der Waals surface area contributed by atoms with Crippen LogP contribution in [0.4, 0.5) is 8.78 Å². The molecule has 1 aliphatic heterocycles. The van der Waals surface area contributed by atoms with Crippen LogP contribution in [0.5, 0.6) is 11.5 Å². The first-order valence-electron chi connectivity index (χ1n) is 18.1. The van der Waals surface area contributed by atoms with Crippen molar-refractivity contribution in [3.05, 3.63) is 165 Å². The molecular formula is C48H38F2O2. The first-order valence-corrected chi connectivity index (χ1v) is 18.1. The summed E-state index contributed by atoms with van der Waals surface area (Å²) in [5.74, 6) is 0.812. The van der Waals surface area contributed by atoms with Gasteiger partial charge >= 0.3 is 0 Å². The molecule has 3 aliphatic carbocycles. The number of fused-ring (bicyclic) bond motifs is 12. The minimum absolute atomic E-state index is 0.226. The summed E-state index contributed by atoms with van der Waals surface area (Å²) in [4.78, 5) is 0. The first-order chi connectivity index (χ1) is 25.0. The Morgan fingerprint density at radius 1 is 0.692 bits per heavy atom. The number of rotatable bonds is 3. The summed E-state index contributed by atoms with van der Waals surface area (Å²) in [6.07, 6.45) is 8.45. The third kappa shape index (κ3) is 4.04. The largest absolute Gasteiger partial charge is 0.497 e. The number of ether oxygens (including phenoxy) is 2. The molecule has 10 rings (SSSR count). The fourth-order valence-electron chi connectivity index (χ4n) is 9.97. The lowest BCUT2D eigenvalue weighted by Crippen LogP contribution is -2.37. The number of hydrogen-bond acceptors (Lipinski definition) is 2. The van der Waals surface area contributed by atoms with E-state index in [1.54, 1.807) is 19.2 Å². The Labute approximate surface area is 302 Å². The highest BCUT2D eigenvalue weighted by molar-refractivity contribution is 6.08. The highest BCUT2D eigenvalue weighted by Gasteiger charge is 2.47. The molecule has 1 heterocycles. The SMILES string of the molecule is COc1ccc(C2(C3=CC4=C(CC3)c3ccc5ccccc5c3C4(C)C)C=Cc3c4c(c5ccc(F)cc5c3O2)-c2ccc(F)cc2C4(C)C)cc1. The van der Waals surface area contributed by atoms with Gasteiger partial charge in [-0.05, 0) is 122 Å². The molecule has 2 nitrogen and oxygen atoms in total. The number of methoxy groups -OCH3 is 1. The highest BCUT2D eigenvalue weighted by Crippen LogP contribution is 2.60. The number of allylic oxidation sites excluding steroid dienone is 3. The molecule has 52 heavy (non-hydrogen) atoms. The van der Waals surface area contributed by atoms with Crippen LogP contribution in [0.2, 0.25) is 0 Å². The second-order valence-corrected chi connectivity index (χ2v) is 15.8. The minimum Gasteiger partial charge on any atom is -0.497 e. The van der Waals surface area contributed by atoms with Crippen LogP contribution in [0.25, 0.3) is 44.3 Å². The lowest BCUT2D eigenvalue weighted by Gasteiger charge is -2.41. The molecule has 0 saturated carbocycles. The number of benzene rings is 6. The molecule has 0 N–H and O–H groups in total. The molecule has 256 valence electrons. The summed E-state index contributed by atoms with van der Waals surface area (Å²) >= 11 is 0. The van der Waals surface area contributed by atoms with Gasteiger partial charge in [0.15, 0.2) is 5.60 Å². The zero-order chi connectivity index (χ0) is 35.7. The van der Waals surface area contributed by atoms with E-state index in [1.807, 2.05) is 24.3 Å². The zero-order valence-corrected chi connectivity index (χ0v) is 30.0. The summed E-state index contributed by atoms with van der Waals surface area (Å²) in [5.41, 5.74) is 10.8. The Bertz CT molecular complexity index is 2650. The van der Waals surface area contributed by atoms with E-state index in [0.717, 1.165) is 62.9 Å². The maximum absolute atomic E-state index is 15.3. The minimum atomic E-state index is -0.972. The van der Waals surface area contributed by atoms with Crippen molar-refractivity contribution in [3.63, 3.8) is 0 Å². The Morgan fingerprint density at radius 2 is 1.44 bits per heavy atom. The number of halogens is 2. The quantitative estimate of drug-likeness (QED) is 0.185. The molecule has 1 atom stereocenters. The van der Waals surface area contributed by atoms with Gasteiger partial charge in [-0.2, -0.15) is 0 Å². The van der Waals surface area contributed by atoms with E-state index in [1.165, 1.54) is 45.2 Å². The van der Waals surface area contributed by atoms with E-state index >= 15 is 4.39 Å². The van der Waals surface area contributed by atoms with Crippen molar-refractivity contribution in [1.29, 1.82) is 0 Å². The highest BCUT2D eigenvalue weighted by atomic mass is 19.1. The van der Waals surface area contributed by atoms with Crippen LogP contribution >= 0.6 is 0 Å². The fraction of sp³-hybridized carbons (Fsp3) is 0.208. The second-order valence-electron chi connectivity index (χ2n) is 15.8. The predicted octanol–water partition coefficient (Wildman–Crippen LogP) is 12.4. The lowest BCUT2D eigenvalue weighted by molar-refractivity contribution is 0.154. The summed E-state index contributed by atoms with van der Waals surface area (Å²) in [7, 11) is 1.67. The van der Waals surface area contributed by atoms with Crippen molar-refractivity contribution in [1.82, 2.24) is 0 Å². The average Bonchev–Trinajstić information content (AvgIpc) is 3.53. The standard InChI is InChI=1S/C48H38F2O2/c1-46(2)40-24-29(13-19-34(40)36-18-10-27-8-6-7-9-33(27)43(36)46)48(28-11-16-32(51-5)17-12-28)23-22-38-44-42(35-20-14-30(49)25-39(35)45(38)52-48)37-21-15-31(50)26-41(37)47(44,3)4/h6-12,14-18,20-26H,13,19H2,1-5H3. The Hall–Kier alpha value is -5.48. The van der Waals surface area contributed by atoms with Crippen molar-refractivity contribution in [3.8, 4) is 22.6 Å². The monoisotopic (exact) mass is 684 g/mol. The fourth-order valence-corrected chi connectivity index (χ4v) is 9.97. The van der Waals surface area contributed by atoms with Crippen LogP contribution in [0.1, 0.15) is 73.9 Å². The van der Waals surface area contributed by atoms with E-state index < -0.39 is 11.0 Å². The Morgan fingerprint density at radius 3 is 2.25 bits per heavy atom. The van der Waals surface area contributed by atoms with E-state index in [9.17, 15) is 4.39 Å². The molecule has 6 aromatic rings. The normalized spacial score (nSPS) is 20.2. The average molecular weight is 685 g/mol. The Balaban J connectivity index is 1.22. The van der Waals surface area contributed by atoms with Gasteiger partial charge in [0.2, 0.25) is 0 Å². The van der Waals surface area contributed by atoms with E-state index in [-0.39, 0.29) is 17.0 Å². The smallest absolute Gasteiger partial charge is 0.174 e. The van der Waals surface area contributed by atoms with Gasteiger partial charge in [-0.3, -0.25) is 0 Å². The van der Waals surface area contributed by atoms with Gasteiger partial charge in [0.1, 0.15) is 23.1 Å². The molecule has 4 heteroatoms. The summed E-state index contributed by atoms with van der Waals surface area (Å²) < 4.78 is 43.2. The first kappa shape index (κ1) is 31.3. The molecule has 0 radical (unpaired) electrons. The Kier molecular flexibility index (Phi) is 6.34. The molecule has 0 fully saturated rings. The van der Waals surface area contributed by atoms with Gasteiger partial charge < -0.3 is 9.47 Å². The van der Waals surface area contributed by atoms with Crippen LogP contribution in [-0.2, 0) is 16.4 Å². The molecule has 0 saturated heterocycles. The van der Waals surface area contributed by atoms with E-state index in [4.69, 9.17) is 9.47 Å². The molecule has 6 aromatic carbocycles. The maximum atomic E-state index is 15.3. The molecular weight excluding hydrogens is 647 g/mol. The summed E-state index contributed by atoms with van der Waals surface area (Å²) in [5, 5.41) is 4.16.